The highest BCUT2D eigenvalue weighted by Crippen LogP contribution is 2.26. The van der Waals surface area contributed by atoms with Crippen LogP contribution in [0.25, 0.3) is 0 Å². The molecule has 0 aliphatic carbocycles. The summed E-state index contributed by atoms with van der Waals surface area (Å²) in [7, 11) is -5.70. The van der Waals surface area contributed by atoms with Crippen molar-refractivity contribution in [3.63, 3.8) is 0 Å². The molecular weight excluding hydrogens is 316 g/mol. The molecule has 1 unspecified atom stereocenters. The number of sulfone groups is 1. The van der Waals surface area contributed by atoms with E-state index in [9.17, 15) is 16.8 Å². The van der Waals surface area contributed by atoms with E-state index in [4.69, 9.17) is 10.5 Å². The van der Waals surface area contributed by atoms with E-state index in [1.807, 2.05) is 0 Å². The number of hydrogen-bond acceptors (Lipinski definition) is 6. The number of rotatable bonds is 5. The van der Waals surface area contributed by atoms with Crippen LogP contribution in [0.3, 0.4) is 0 Å². The zero-order valence-electron chi connectivity index (χ0n) is 11.6. The van der Waals surface area contributed by atoms with Crippen molar-refractivity contribution in [3.8, 4) is 5.75 Å². The summed E-state index contributed by atoms with van der Waals surface area (Å²) in [5.74, 6) is 0.238. The SMILES string of the molecule is COc1cc(N)ccc1S(=O)(=O)NCC1CCCS1(=O)=O. The van der Waals surface area contributed by atoms with E-state index in [1.165, 1.54) is 25.3 Å². The molecule has 1 saturated heterocycles. The maximum atomic E-state index is 12.3. The number of nitrogens with one attached hydrogen (secondary N) is 1. The van der Waals surface area contributed by atoms with Crippen molar-refractivity contribution in [3.05, 3.63) is 18.2 Å². The van der Waals surface area contributed by atoms with E-state index in [0.717, 1.165) is 0 Å². The van der Waals surface area contributed by atoms with E-state index in [0.29, 0.717) is 18.5 Å². The lowest BCUT2D eigenvalue weighted by Gasteiger charge is -2.13. The summed E-state index contributed by atoms with van der Waals surface area (Å²) >= 11 is 0. The van der Waals surface area contributed by atoms with Crippen LogP contribution in [0.1, 0.15) is 12.8 Å². The van der Waals surface area contributed by atoms with Crippen LogP contribution >= 0.6 is 0 Å². The van der Waals surface area contributed by atoms with Crippen LogP contribution < -0.4 is 15.2 Å². The molecular formula is C12H18N2O5S2. The molecule has 1 aliphatic rings. The fraction of sp³-hybridized carbons (Fsp3) is 0.500. The van der Waals surface area contributed by atoms with Crippen molar-refractivity contribution >= 4 is 25.5 Å². The van der Waals surface area contributed by atoms with Crippen LogP contribution in [-0.2, 0) is 19.9 Å². The Hall–Kier alpha value is -1.32. The summed E-state index contributed by atoms with van der Waals surface area (Å²) in [6.45, 7) is -0.127. The van der Waals surface area contributed by atoms with Gasteiger partial charge in [0.25, 0.3) is 0 Å². The highest BCUT2D eigenvalue weighted by atomic mass is 32.2. The van der Waals surface area contributed by atoms with Gasteiger partial charge in [0.1, 0.15) is 10.6 Å². The van der Waals surface area contributed by atoms with Gasteiger partial charge in [0.15, 0.2) is 9.84 Å². The van der Waals surface area contributed by atoms with Gasteiger partial charge in [-0.1, -0.05) is 0 Å². The minimum absolute atomic E-state index is 0.0606. The molecule has 1 aromatic rings. The molecule has 2 rings (SSSR count). The number of benzene rings is 1. The van der Waals surface area contributed by atoms with Gasteiger partial charge in [-0.3, -0.25) is 0 Å². The van der Waals surface area contributed by atoms with Gasteiger partial charge in [-0.15, -0.1) is 0 Å². The standard InChI is InChI=1S/C12H18N2O5S2/c1-19-11-7-9(13)4-5-12(11)21(17,18)14-8-10-3-2-6-20(10,15)16/h4-5,7,10,14H,2-3,6,8,13H2,1H3. The van der Waals surface area contributed by atoms with E-state index >= 15 is 0 Å². The Labute approximate surface area is 124 Å². The van der Waals surface area contributed by atoms with Gasteiger partial charge >= 0.3 is 0 Å². The summed E-state index contributed by atoms with van der Waals surface area (Å²) in [5.41, 5.74) is 5.96. The first-order valence-electron chi connectivity index (χ1n) is 6.41. The fourth-order valence-corrected chi connectivity index (χ4v) is 5.38. The summed E-state index contributed by atoms with van der Waals surface area (Å²) in [5, 5.41) is -0.660. The number of anilines is 1. The van der Waals surface area contributed by atoms with Crippen molar-refractivity contribution in [1.29, 1.82) is 0 Å². The van der Waals surface area contributed by atoms with Crippen LogP contribution in [0.4, 0.5) is 5.69 Å². The third-order valence-electron chi connectivity index (χ3n) is 3.44. The third-order valence-corrected chi connectivity index (χ3v) is 7.18. The molecule has 118 valence electrons. The molecule has 1 heterocycles. The summed E-state index contributed by atoms with van der Waals surface area (Å²) in [4.78, 5) is -0.0606. The molecule has 0 saturated carbocycles. The zero-order valence-corrected chi connectivity index (χ0v) is 13.2. The van der Waals surface area contributed by atoms with E-state index < -0.39 is 25.1 Å². The highest BCUT2D eigenvalue weighted by Gasteiger charge is 2.32. The van der Waals surface area contributed by atoms with Gasteiger partial charge in [0, 0.05) is 18.3 Å². The minimum atomic E-state index is -3.85. The average Bonchev–Trinajstić information content (AvgIpc) is 2.75. The van der Waals surface area contributed by atoms with Crippen LogP contribution in [0.2, 0.25) is 0 Å². The van der Waals surface area contributed by atoms with Gasteiger partial charge in [0.05, 0.1) is 18.1 Å². The molecule has 0 bridgehead atoms. The lowest BCUT2D eigenvalue weighted by molar-refractivity contribution is 0.402. The molecule has 1 aromatic carbocycles. The first-order chi connectivity index (χ1) is 9.76. The normalized spacial score (nSPS) is 21.3. The molecule has 3 N–H and O–H groups in total. The maximum Gasteiger partial charge on any atom is 0.244 e. The Kier molecular flexibility index (Phi) is 4.45. The van der Waals surface area contributed by atoms with Gasteiger partial charge in [-0.2, -0.15) is 0 Å². The number of hydrogen-bond donors (Lipinski definition) is 2. The predicted molar refractivity (Wildman–Crippen MR) is 79.4 cm³/mol. The quantitative estimate of drug-likeness (QED) is 0.740. The molecule has 21 heavy (non-hydrogen) atoms. The first kappa shape index (κ1) is 16.1. The fourth-order valence-electron chi connectivity index (χ4n) is 2.27. The Bertz CT molecular complexity index is 728. The Balaban J connectivity index is 2.19. The second-order valence-corrected chi connectivity index (χ2v) is 9.03. The monoisotopic (exact) mass is 334 g/mol. The molecule has 0 spiro atoms. The molecule has 1 aliphatic heterocycles. The summed E-state index contributed by atoms with van der Waals surface area (Å²) in [6.07, 6.45) is 1.05. The molecule has 7 nitrogen and oxygen atoms in total. The van der Waals surface area contributed by atoms with Crippen molar-refractivity contribution in [2.24, 2.45) is 0 Å². The lowest BCUT2D eigenvalue weighted by atomic mass is 10.2. The van der Waals surface area contributed by atoms with Gasteiger partial charge in [0.2, 0.25) is 10.0 Å². The number of nitrogens with two attached hydrogens (primary N) is 1. The molecule has 1 atom stereocenters. The average molecular weight is 334 g/mol. The Morgan fingerprint density at radius 2 is 2.14 bits per heavy atom. The number of ether oxygens (including phenoxy) is 1. The van der Waals surface area contributed by atoms with Gasteiger partial charge < -0.3 is 10.5 Å². The van der Waals surface area contributed by atoms with E-state index in [-0.39, 0.29) is 22.9 Å². The Morgan fingerprint density at radius 1 is 1.43 bits per heavy atom. The first-order valence-corrected chi connectivity index (χ1v) is 9.61. The molecule has 0 aromatic heterocycles. The third kappa shape index (κ3) is 3.47. The minimum Gasteiger partial charge on any atom is -0.495 e. The molecule has 0 radical (unpaired) electrons. The Morgan fingerprint density at radius 3 is 2.71 bits per heavy atom. The maximum absolute atomic E-state index is 12.3. The lowest BCUT2D eigenvalue weighted by Crippen LogP contribution is -2.34. The van der Waals surface area contributed by atoms with Crippen molar-refractivity contribution < 1.29 is 21.6 Å². The predicted octanol–water partition coefficient (Wildman–Crippen LogP) is 0.133. The van der Waals surface area contributed by atoms with Gasteiger partial charge in [-0.05, 0) is 25.0 Å². The van der Waals surface area contributed by atoms with E-state index in [2.05, 4.69) is 4.72 Å². The van der Waals surface area contributed by atoms with Crippen molar-refractivity contribution in [2.45, 2.75) is 23.0 Å². The van der Waals surface area contributed by atoms with E-state index in [1.54, 1.807) is 0 Å². The second kappa shape index (κ2) is 5.82. The smallest absolute Gasteiger partial charge is 0.244 e. The summed E-state index contributed by atoms with van der Waals surface area (Å²) in [6, 6.07) is 4.18. The van der Waals surface area contributed by atoms with Gasteiger partial charge in [-0.25, -0.2) is 21.6 Å². The summed E-state index contributed by atoms with van der Waals surface area (Å²) < 4.78 is 55.3. The second-order valence-electron chi connectivity index (χ2n) is 4.89. The molecule has 9 heteroatoms. The number of methoxy groups -OCH3 is 1. The van der Waals surface area contributed by atoms with Crippen molar-refractivity contribution in [2.75, 3.05) is 25.1 Å². The topological polar surface area (TPSA) is 116 Å². The molecule has 1 fully saturated rings. The van der Waals surface area contributed by atoms with Crippen LogP contribution in [0.15, 0.2) is 23.1 Å². The number of sulfonamides is 1. The highest BCUT2D eigenvalue weighted by molar-refractivity contribution is 7.92. The van der Waals surface area contributed by atoms with Crippen LogP contribution in [0, 0.1) is 0 Å². The molecule has 0 amide bonds. The van der Waals surface area contributed by atoms with Crippen LogP contribution in [-0.4, -0.2) is 41.5 Å². The zero-order chi connectivity index (χ0) is 15.7. The number of nitrogen functional groups attached to an aromatic ring is 1. The van der Waals surface area contributed by atoms with Crippen molar-refractivity contribution in [1.82, 2.24) is 4.72 Å². The largest absolute Gasteiger partial charge is 0.495 e. The van der Waals surface area contributed by atoms with Crippen LogP contribution in [0.5, 0.6) is 5.75 Å².